The van der Waals surface area contributed by atoms with Gasteiger partial charge < -0.3 is 14.6 Å². The Bertz CT molecular complexity index is 933. The first-order valence-corrected chi connectivity index (χ1v) is 8.73. The Kier molecular flexibility index (Phi) is 6.41. The molecule has 0 aliphatic rings. The zero-order chi connectivity index (χ0) is 19.8. The summed E-state index contributed by atoms with van der Waals surface area (Å²) in [6, 6.07) is 21.9. The summed E-state index contributed by atoms with van der Waals surface area (Å²) in [4.78, 5) is 11.6. The molecule has 3 rings (SSSR count). The second-order valence-electron chi connectivity index (χ2n) is 5.95. The van der Waals surface area contributed by atoms with Gasteiger partial charge in [0.25, 0.3) is 0 Å². The Labute approximate surface area is 162 Å². The lowest BCUT2D eigenvalue weighted by Gasteiger charge is -2.09. The lowest BCUT2D eigenvalue weighted by molar-refractivity contribution is -0.130. The molecule has 0 radical (unpaired) electrons. The number of ether oxygens (including phenoxy) is 2. The number of hydrogen-bond donors (Lipinski definition) is 1. The van der Waals surface area contributed by atoms with E-state index in [-0.39, 0.29) is 11.4 Å². The van der Waals surface area contributed by atoms with Crippen molar-refractivity contribution in [3.05, 3.63) is 95.8 Å². The summed E-state index contributed by atoms with van der Waals surface area (Å²) in [5, 5.41) is 9.47. The summed E-state index contributed by atoms with van der Waals surface area (Å²) in [7, 11) is 0. The number of halogens is 1. The van der Waals surface area contributed by atoms with Crippen LogP contribution in [-0.4, -0.2) is 24.3 Å². The fourth-order valence-electron chi connectivity index (χ4n) is 2.56. The van der Waals surface area contributed by atoms with E-state index < -0.39 is 5.97 Å². The van der Waals surface area contributed by atoms with Gasteiger partial charge in [-0.3, -0.25) is 0 Å². The van der Waals surface area contributed by atoms with Crippen molar-refractivity contribution >= 4 is 17.6 Å². The average molecular weight is 378 g/mol. The highest BCUT2D eigenvalue weighted by Crippen LogP contribution is 2.20. The highest BCUT2D eigenvalue weighted by molar-refractivity contribution is 6.20. The molecule has 1 N–H and O–H groups in total. The molecule has 3 aromatic carbocycles. The Hall–Kier alpha value is -3.60. The first-order chi connectivity index (χ1) is 13.6. The van der Waals surface area contributed by atoms with Gasteiger partial charge in [0.05, 0.1) is 5.57 Å². The number of aliphatic carboxylic acids is 1. The third-order valence-electron chi connectivity index (χ3n) is 3.94. The summed E-state index contributed by atoms with van der Waals surface area (Å²) >= 11 is 0. The van der Waals surface area contributed by atoms with Gasteiger partial charge in [0, 0.05) is 0 Å². The fraction of sp³-hybridized carbons (Fsp3) is 0.0870. The van der Waals surface area contributed by atoms with Crippen LogP contribution in [0.2, 0.25) is 0 Å². The molecule has 3 aromatic rings. The van der Waals surface area contributed by atoms with Crippen molar-refractivity contribution in [2.24, 2.45) is 0 Å². The van der Waals surface area contributed by atoms with Gasteiger partial charge in [0.15, 0.2) is 0 Å². The lowest BCUT2D eigenvalue weighted by atomic mass is 10.0. The number of benzene rings is 3. The van der Waals surface area contributed by atoms with Crippen molar-refractivity contribution in [3.8, 4) is 11.5 Å². The normalized spacial score (nSPS) is 11.1. The Morgan fingerprint density at radius 3 is 1.89 bits per heavy atom. The van der Waals surface area contributed by atoms with Crippen LogP contribution in [0.3, 0.4) is 0 Å². The van der Waals surface area contributed by atoms with Crippen LogP contribution in [0.5, 0.6) is 11.5 Å². The molecule has 0 fully saturated rings. The first kappa shape index (κ1) is 19.2. The van der Waals surface area contributed by atoms with E-state index in [0.29, 0.717) is 30.3 Å². The second-order valence-corrected chi connectivity index (χ2v) is 5.95. The van der Waals surface area contributed by atoms with E-state index in [1.165, 1.54) is 12.1 Å². The van der Waals surface area contributed by atoms with E-state index >= 15 is 0 Å². The van der Waals surface area contributed by atoms with Crippen LogP contribution in [0.25, 0.3) is 11.6 Å². The summed E-state index contributed by atoms with van der Waals surface area (Å²) in [6.45, 7) is 0.654. The van der Waals surface area contributed by atoms with E-state index in [2.05, 4.69) is 0 Å². The molecule has 0 saturated heterocycles. The maximum absolute atomic E-state index is 12.8. The minimum absolute atomic E-state index is 0.224. The van der Waals surface area contributed by atoms with Gasteiger partial charge in [0.2, 0.25) is 0 Å². The quantitative estimate of drug-likeness (QED) is 0.344. The molecule has 142 valence electrons. The molecule has 28 heavy (non-hydrogen) atoms. The van der Waals surface area contributed by atoms with Crippen LogP contribution < -0.4 is 9.47 Å². The molecule has 0 spiro atoms. The smallest absolute Gasteiger partial charge is 0.336 e. The third kappa shape index (κ3) is 5.45. The predicted octanol–water partition coefficient (Wildman–Crippen LogP) is 4.91. The van der Waals surface area contributed by atoms with Crippen LogP contribution in [-0.2, 0) is 4.79 Å². The van der Waals surface area contributed by atoms with Gasteiger partial charge in [-0.25, -0.2) is 9.18 Å². The number of hydrogen-bond acceptors (Lipinski definition) is 3. The highest BCUT2D eigenvalue weighted by atomic mass is 19.1. The zero-order valence-electron chi connectivity index (χ0n) is 15.0. The molecule has 0 heterocycles. The maximum Gasteiger partial charge on any atom is 0.336 e. The molecule has 0 atom stereocenters. The fourth-order valence-corrected chi connectivity index (χ4v) is 2.56. The van der Waals surface area contributed by atoms with Crippen LogP contribution in [0.1, 0.15) is 11.1 Å². The minimum atomic E-state index is -0.982. The number of carboxylic acid groups (broad SMARTS) is 1. The SMILES string of the molecule is O=C(O)/C(=C/c1ccc(OCCOc2ccc(F)cc2)cc1)c1ccccc1. The van der Waals surface area contributed by atoms with Crippen LogP contribution in [0.4, 0.5) is 4.39 Å². The molecule has 0 amide bonds. The summed E-state index contributed by atoms with van der Waals surface area (Å²) < 4.78 is 23.9. The molecule has 0 aromatic heterocycles. The Balaban J connectivity index is 1.56. The highest BCUT2D eigenvalue weighted by Gasteiger charge is 2.09. The van der Waals surface area contributed by atoms with Crippen LogP contribution in [0.15, 0.2) is 78.9 Å². The largest absolute Gasteiger partial charge is 0.490 e. The number of carbonyl (C=O) groups is 1. The van der Waals surface area contributed by atoms with Crippen molar-refractivity contribution in [2.75, 3.05) is 13.2 Å². The van der Waals surface area contributed by atoms with Gasteiger partial charge in [0.1, 0.15) is 30.5 Å². The van der Waals surface area contributed by atoms with Crippen molar-refractivity contribution < 1.29 is 23.8 Å². The Morgan fingerprint density at radius 1 is 0.821 bits per heavy atom. The molecular formula is C23H19FO4. The van der Waals surface area contributed by atoms with Gasteiger partial charge >= 0.3 is 5.97 Å². The standard InChI is InChI=1S/C23H19FO4/c24-19-8-12-21(13-9-19)28-15-14-27-20-10-6-17(7-11-20)16-22(23(25)26)18-4-2-1-3-5-18/h1-13,16H,14-15H2,(H,25,26)/b22-16+. The molecule has 0 saturated carbocycles. The van der Waals surface area contributed by atoms with Crippen LogP contribution in [0, 0.1) is 5.82 Å². The van der Waals surface area contributed by atoms with Gasteiger partial charge in [-0.1, -0.05) is 42.5 Å². The average Bonchev–Trinajstić information content (AvgIpc) is 2.72. The van der Waals surface area contributed by atoms with Gasteiger partial charge in [-0.2, -0.15) is 0 Å². The van der Waals surface area contributed by atoms with Crippen molar-refractivity contribution in [2.45, 2.75) is 0 Å². The number of carboxylic acids is 1. The number of rotatable bonds is 8. The lowest BCUT2D eigenvalue weighted by Crippen LogP contribution is -2.08. The molecule has 4 nitrogen and oxygen atoms in total. The summed E-state index contributed by atoms with van der Waals surface area (Å²) in [5.41, 5.74) is 1.63. The predicted molar refractivity (Wildman–Crippen MR) is 106 cm³/mol. The third-order valence-corrected chi connectivity index (χ3v) is 3.94. The topological polar surface area (TPSA) is 55.8 Å². The zero-order valence-corrected chi connectivity index (χ0v) is 15.0. The van der Waals surface area contributed by atoms with Gasteiger partial charge in [-0.15, -0.1) is 0 Å². The monoisotopic (exact) mass is 378 g/mol. The molecule has 0 unspecified atom stereocenters. The van der Waals surface area contributed by atoms with E-state index in [0.717, 1.165) is 5.56 Å². The van der Waals surface area contributed by atoms with Crippen LogP contribution >= 0.6 is 0 Å². The van der Waals surface area contributed by atoms with E-state index in [9.17, 15) is 14.3 Å². The van der Waals surface area contributed by atoms with E-state index in [1.54, 1.807) is 66.7 Å². The molecule has 0 bridgehead atoms. The van der Waals surface area contributed by atoms with Crippen molar-refractivity contribution in [1.29, 1.82) is 0 Å². The summed E-state index contributed by atoms with van der Waals surface area (Å²) in [5.74, 6) is -0.0652. The molecule has 0 aliphatic heterocycles. The Morgan fingerprint density at radius 2 is 1.36 bits per heavy atom. The van der Waals surface area contributed by atoms with E-state index in [4.69, 9.17) is 9.47 Å². The molecule has 5 heteroatoms. The molecular weight excluding hydrogens is 359 g/mol. The maximum atomic E-state index is 12.8. The van der Waals surface area contributed by atoms with Gasteiger partial charge in [-0.05, 0) is 53.6 Å². The first-order valence-electron chi connectivity index (χ1n) is 8.73. The second kappa shape index (κ2) is 9.37. The minimum Gasteiger partial charge on any atom is -0.490 e. The van der Waals surface area contributed by atoms with Crippen molar-refractivity contribution in [3.63, 3.8) is 0 Å². The summed E-state index contributed by atoms with van der Waals surface area (Å²) in [6.07, 6.45) is 1.62. The van der Waals surface area contributed by atoms with Crippen molar-refractivity contribution in [1.82, 2.24) is 0 Å². The molecule has 0 aliphatic carbocycles. The van der Waals surface area contributed by atoms with E-state index in [1.807, 2.05) is 6.07 Å².